The summed E-state index contributed by atoms with van der Waals surface area (Å²) >= 11 is 0. The maximum absolute atomic E-state index is 11.8. The zero-order valence-corrected chi connectivity index (χ0v) is 11.2. The van der Waals surface area contributed by atoms with Crippen LogP contribution in [-0.4, -0.2) is 29.2 Å². The Kier molecular flexibility index (Phi) is 4.62. The van der Waals surface area contributed by atoms with E-state index in [1.165, 1.54) is 6.39 Å². The van der Waals surface area contributed by atoms with Crippen LogP contribution < -0.4 is 10.6 Å². The van der Waals surface area contributed by atoms with Gasteiger partial charge < -0.3 is 15.1 Å². The second kappa shape index (κ2) is 6.63. The van der Waals surface area contributed by atoms with Crippen LogP contribution in [0, 0.1) is 6.92 Å². The Bertz CT molecular complexity index is 593. The van der Waals surface area contributed by atoms with Crippen molar-refractivity contribution in [3.05, 3.63) is 42.8 Å². The van der Waals surface area contributed by atoms with E-state index in [4.69, 9.17) is 4.42 Å². The fourth-order valence-corrected chi connectivity index (χ4v) is 1.67. The van der Waals surface area contributed by atoms with Gasteiger partial charge in [-0.05, 0) is 24.6 Å². The molecule has 6 heteroatoms. The van der Waals surface area contributed by atoms with Crippen molar-refractivity contribution < 1.29 is 9.21 Å². The smallest absolute Gasteiger partial charge is 0.247 e. The van der Waals surface area contributed by atoms with Crippen LogP contribution in [0.5, 0.6) is 0 Å². The average Bonchev–Trinajstić information content (AvgIpc) is 2.95. The van der Waals surface area contributed by atoms with Crippen LogP contribution in [0.25, 0.3) is 11.5 Å². The molecule has 2 rings (SSSR count). The van der Waals surface area contributed by atoms with Crippen molar-refractivity contribution in [2.45, 2.75) is 6.92 Å². The number of carbonyl (C=O) groups is 1. The Hall–Kier alpha value is -2.47. The van der Waals surface area contributed by atoms with Gasteiger partial charge in [-0.15, -0.1) is 16.8 Å². The molecule has 0 unspecified atom stereocenters. The van der Waals surface area contributed by atoms with Gasteiger partial charge in [-0.2, -0.15) is 0 Å². The van der Waals surface area contributed by atoms with Crippen molar-refractivity contribution in [2.24, 2.45) is 0 Å². The summed E-state index contributed by atoms with van der Waals surface area (Å²) in [6, 6.07) is 5.58. The summed E-state index contributed by atoms with van der Waals surface area (Å²) in [7, 11) is 0. The largest absolute Gasteiger partial charge is 0.423 e. The predicted molar refractivity (Wildman–Crippen MR) is 76.2 cm³/mol. The van der Waals surface area contributed by atoms with Crippen LogP contribution >= 0.6 is 0 Å². The molecule has 0 fully saturated rings. The molecule has 0 spiro atoms. The number of anilines is 1. The normalized spacial score (nSPS) is 10.2. The Labute approximate surface area is 116 Å². The fourth-order valence-electron chi connectivity index (χ4n) is 1.67. The molecule has 0 saturated carbocycles. The van der Waals surface area contributed by atoms with Crippen molar-refractivity contribution in [2.75, 3.05) is 18.4 Å². The summed E-state index contributed by atoms with van der Waals surface area (Å²) in [5.41, 5.74) is 2.46. The van der Waals surface area contributed by atoms with E-state index in [-0.39, 0.29) is 12.5 Å². The van der Waals surface area contributed by atoms with Gasteiger partial charge in [-0.3, -0.25) is 4.79 Å². The minimum absolute atomic E-state index is 0.113. The molecule has 1 amide bonds. The molecule has 1 aromatic carbocycles. The number of nitrogens with zero attached hydrogens (tertiary/aromatic N) is 2. The number of aryl methyl sites for hydroxylation is 1. The number of rotatable bonds is 6. The molecule has 0 saturated heterocycles. The zero-order chi connectivity index (χ0) is 14.4. The van der Waals surface area contributed by atoms with E-state index in [9.17, 15) is 4.79 Å². The van der Waals surface area contributed by atoms with E-state index in [2.05, 4.69) is 27.4 Å². The van der Waals surface area contributed by atoms with Gasteiger partial charge in [-0.1, -0.05) is 12.1 Å². The van der Waals surface area contributed by atoms with Gasteiger partial charge in [0.15, 0.2) is 0 Å². The third-order valence-electron chi connectivity index (χ3n) is 2.69. The third kappa shape index (κ3) is 3.52. The van der Waals surface area contributed by atoms with Gasteiger partial charge in [0.05, 0.1) is 6.54 Å². The topological polar surface area (TPSA) is 80.0 Å². The van der Waals surface area contributed by atoms with E-state index in [1.54, 1.807) is 6.08 Å². The standard InChI is InChI=1S/C14H16N4O2/c1-3-6-15-8-13(19)17-12-7-11(5-4-10(12)2)14-18-16-9-20-14/h3-5,7,9,15H,1,6,8H2,2H3,(H,17,19). The second-order valence-corrected chi connectivity index (χ2v) is 4.24. The highest BCUT2D eigenvalue weighted by atomic mass is 16.4. The first-order valence-corrected chi connectivity index (χ1v) is 6.19. The number of aromatic nitrogens is 2. The molecule has 0 atom stereocenters. The van der Waals surface area contributed by atoms with Gasteiger partial charge >= 0.3 is 0 Å². The van der Waals surface area contributed by atoms with Crippen molar-refractivity contribution in [1.29, 1.82) is 0 Å². The van der Waals surface area contributed by atoms with Gasteiger partial charge in [0.2, 0.25) is 18.2 Å². The monoisotopic (exact) mass is 272 g/mol. The van der Waals surface area contributed by atoms with Crippen LogP contribution in [0.2, 0.25) is 0 Å². The molecule has 1 heterocycles. The summed E-state index contributed by atoms with van der Waals surface area (Å²) in [5, 5.41) is 13.3. The van der Waals surface area contributed by atoms with Gasteiger partial charge in [0.1, 0.15) is 0 Å². The first-order valence-electron chi connectivity index (χ1n) is 6.19. The molecule has 2 N–H and O–H groups in total. The lowest BCUT2D eigenvalue weighted by Crippen LogP contribution is -2.28. The number of hydrogen-bond donors (Lipinski definition) is 2. The lowest BCUT2D eigenvalue weighted by Gasteiger charge is -2.09. The molecule has 1 aromatic heterocycles. The van der Waals surface area contributed by atoms with Gasteiger partial charge in [0.25, 0.3) is 0 Å². The highest BCUT2D eigenvalue weighted by molar-refractivity contribution is 5.93. The molecular weight excluding hydrogens is 256 g/mol. The van der Waals surface area contributed by atoms with Crippen molar-refractivity contribution in [1.82, 2.24) is 15.5 Å². The highest BCUT2D eigenvalue weighted by Gasteiger charge is 2.09. The Morgan fingerprint density at radius 1 is 1.50 bits per heavy atom. The summed E-state index contributed by atoms with van der Waals surface area (Å²) in [6.07, 6.45) is 2.97. The Morgan fingerprint density at radius 3 is 3.05 bits per heavy atom. The molecular formula is C14H16N4O2. The highest BCUT2D eigenvalue weighted by Crippen LogP contribution is 2.23. The van der Waals surface area contributed by atoms with E-state index in [1.807, 2.05) is 25.1 Å². The van der Waals surface area contributed by atoms with Crippen LogP contribution in [-0.2, 0) is 4.79 Å². The molecule has 2 aromatic rings. The van der Waals surface area contributed by atoms with Gasteiger partial charge in [0, 0.05) is 17.8 Å². The van der Waals surface area contributed by atoms with Crippen LogP contribution in [0.4, 0.5) is 5.69 Å². The molecule has 0 aliphatic carbocycles. The number of carbonyl (C=O) groups excluding carboxylic acids is 1. The van der Waals surface area contributed by atoms with Crippen LogP contribution in [0.15, 0.2) is 41.7 Å². The van der Waals surface area contributed by atoms with E-state index in [0.717, 1.165) is 16.8 Å². The first-order chi connectivity index (χ1) is 9.70. The summed E-state index contributed by atoms with van der Waals surface area (Å²) < 4.78 is 5.14. The molecule has 20 heavy (non-hydrogen) atoms. The lowest BCUT2D eigenvalue weighted by molar-refractivity contribution is -0.115. The Balaban J connectivity index is 2.09. The number of hydrogen-bond acceptors (Lipinski definition) is 5. The zero-order valence-electron chi connectivity index (χ0n) is 11.2. The number of benzene rings is 1. The maximum Gasteiger partial charge on any atom is 0.247 e. The molecule has 0 radical (unpaired) electrons. The van der Waals surface area contributed by atoms with Gasteiger partial charge in [-0.25, -0.2) is 0 Å². The van der Waals surface area contributed by atoms with Crippen LogP contribution in [0.3, 0.4) is 0 Å². The number of nitrogens with one attached hydrogen (secondary N) is 2. The summed E-state index contributed by atoms with van der Waals surface area (Å²) in [6.45, 7) is 6.32. The van der Waals surface area contributed by atoms with Crippen molar-refractivity contribution in [3.63, 3.8) is 0 Å². The molecule has 0 aliphatic rings. The SMILES string of the molecule is C=CCNCC(=O)Nc1cc(-c2nnco2)ccc1C. The number of amides is 1. The predicted octanol–water partition coefficient (Wildman–Crippen LogP) is 1.76. The van der Waals surface area contributed by atoms with E-state index < -0.39 is 0 Å². The van der Waals surface area contributed by atoms with Crippen molar-refractivity contribution >= 4 is 11.6 Å². The quantitative estimate of drug-likeness (QED) is 0.618. The Morgan fingerprint density at radius 2 is 2.35 bits per heavy atom. The molecule has 104 valence electrons. The lowest BCUT2D eigenvalue weighted by atomic mass is 10.1. The molecule has 6 nitrogen and oxygen atoms in total. The minimum atomic E-state index is -0.113. The fraction of sp³-hybridized carbons (Fsp3) is 0.214. The van der Waals surface area contributed by atoms with Crippen LogP contribution in [0.1, 0.15) is 5.56 Å². The third-order valence-corrected chi connectivity index (χ3v) is 2.69. The summed E-state index contributed by atoms with van der Waals surface area (Å²) in [4.78, 5) is 11.8. The second-order valence-electron chi connectivity index (χ2n) is 4.24. The first kappa shape index (κ1) is 14.0. The van der Waals surface area contributed by atoms with E-state index >= 15 is 0 Å². The summed E-state index contributed by atoms with van der Waals surface area (Å²) in [5.74, 6) is 0.308. The molecule has 0 bridgehead atoms. The minimum Gasteiger partial charge on any atom is -0.423 e. The van der Waals surface area contributed by atoms with Crippen molar-refractivity contribution in [3.8, 4) is 11.5 Å². The maximum atomic E-state index is 11.8. The van der Waals surface area contributed by atoms with E-state index in [0.29, 0.717) is 12.4 Å². The molecule has 0 aliphatic heterocycles. The average molecular weight is 272 g/mol.